The van der Waals surface area contributed by atoms with E-state index in [0.717, 1.165) is 49.3 Å². The standard InChI is InChI=1S/C30H33ClFN5O/c1-3-13-36-14-15-37(21(2)20-36)29(19-34-30(38)35-26-11-12-28(32)27(31)17-26)24-9-7-23(8-10-24)25-6-4-5-22(16-25)18-33/h4-12,16-17,21,29H,3,13-15,19-20H2,1-2H3,(H2,34,35,38)/t21-,29-/m0/s1. The van der Waals surface area contributed by atoms with Crippen molar-refractivity contribution < 1.29 is 9.18 Å². The minimum Gasteiger partial charge on any atom is -0.336 e. The number of carbonyl (C=O) groups excluding carboxylic acids is 1. The van der Waals surface area contributed by atoms with E-state index in [2.05, 4.69) is 64.6 Å². The van der Waals surface area contributed by atoms with Gasteiger partial charge in [-0.3, -0.25) is 4.90 Å². The molecule has 0 saturated carbocycles. The highest BCUT2D eigenvalue weighted by Crippen LogP contribution is 2.28. The minimum absolute atomic E-state index is 0.0316. The van der Waals surface area contributed by atoms with E-state index in [4.69, 9.17) is 11.6 Å². The van der Waals surface area contributed by atoms with Gasteiger partial charge in [-0.05, 0) is 66.9 Å². The molecule has 4 rings (SSSR count). The van der Waals surface area contributed by atoms with Crippen molar-refractivity contribution in [2.75, 3.05) is 38.0 Å². The van der Waals surface area contributed by atoms with Crippen molar-refractivity contribution in [2.24, 2.45) is 0 Å². The monoisotopic (exact) mass is 533 g/mol. The molecule has 3 aromatic carbocycles. The molecule has 2 amide bonds. The third kappa shape index (κ3) is 6.90. The van der Waals surface area contributed by atoms with Gasteiger partial charge in [0.05, 0.1) is 22.7 Å². The van der Waals surface area contributed by atoms with E-state index in [0.29, 0.717) is 23.8 Å². The molecule has 8 heteroatoms. The van der Waals surface area contributed by atoms with Crippen molar-refractivity contribution in [1.29, 1.82) is 5.26 Å². The Labute approximate surface area is 229 Å². The SMILES string of the molecule is CCCN1CCN([C@@H](CNC(=O)Nc2ccc(F)c(Cl)c2)c2ccc(-c3cccc(C#N)c3)cc2)[C@@H](C)C1. The summed E-state index contributed by atoms with van der Waals surface area (Å²) >= 11 is 5.86. The lowest BCUT2D eigenvalue weighted by molar-refractivity contribution is 0.0490. The zero-order chi connectivity index (χ0) is 27.1. The largest absolute Gasteiger partial charge is 0.336 e. The first-order chi connectivity index (χ1) is 18.4. The molecule has 38 heavy (non-hydrogen) atoms. The number of anilines is 1. The summed E-state index contributed by atoms with van der Waals surface area (Å²) in [6.45, 7) is 8.77. The number of benzene rings is 3. The van der Waals surface area contributed by atoms with Crippen LogP contribution < -0.4 is 10.6 Å². The number of halogens is 2. The van der Waals surface area contributed by atoms with Crippen LogP contribution in [0.3, 0.4) is 0 Å². The molecular weight excluding hydrogens is 501 g/mol. The average Bonchev–Trinajstić information content (AvgIpc) is 2.92. The van der Waals surface area contributed by atoms with Gasteiger partial charge in [0.1, 0.15) is 5.82 Å². The predicted octanol–water partition coefficient (Wildman–Crippen LogP) is 6.30. The van der Waals surface area contributed by atoms with Gasteiger partial charge in [0.2, 0.25) is 0 Å². The quantitative estimate of drug-likeness (QED) is 0.356. The number of piperazine rings is 1. The number of nitriles is 1. The van der Waals surface area contributed by atoms with Gasteiger partial charge in [0, 0.05) is 37.9 Å². The Hall–Kier alpha value is -3.44. The van der Waals surface area contributed by atoms with Crippen molar-refractivity contribution in [3.63, 3.8) is 0 Å². The van der Waals surface area contributed by atoms with E-state index < -0.39 is 5.82 Å². The lowest BCUT2D eigenvalue weighted by Crippen LogP contribution is -2.54. The van der Waals surface area contributed by atoms with E-state index in [1.54, 1.807) is 6.07 Å². The minimum atomic E-state index is -0.531. The number of carbonyl (C=O) groups is 1. The second kappa shape index (κ2) is 12.9. The summed E-state index contributed by atoms with van der Waals surface area (Å²) in [6.07, 6.45) is 1.12. The molecule has 1 fully saturated rings. The molecule has 1 heterocycles. The van der Waals surface area contributed by atoms with E-state index in [1.807, 2.05) is 18.2 Å². The van der Waals surface area contributed by atoms with Crippen LogP contribution in [0.25, 0.3) is 11.1 Å². The van der Waals surface area contributed by atoms with E-state index in [-0.39, 0.29) is 17.1 Å². The highest BCUT2D eigenvalue weighted by atomic mass is 35.5. The molecule has 3 aromatic rings. The Morgan fingerprint density at radius 3 is 2.61 bits per heavy atom. The molecule has 0 unspecified atom stereocenters. The van der Waals surface area contributed by atoms with Crippen LogP contribution in [0.4, 0.5) is 14.9 Å². The second-order valence-electron chi connectivity index (χ2n) is 9.68. The third-order valence-electron chi connectivity index (χ3n) is 6.96. The highest BCUT2D eigenvalue weighted by molar-refractivity contribution is 6.31. The number of urea groups is 1. The average molecular weight is 534 g/mol. The maximum Gasteiger partial charge on any atom is 0.319 e. The Morgan fingerprint density at radius 2 is 1.92 bits per heavy atom. The molecule has 0 aromatic heterocycles. The normalized spacial score (nSPS) is 17.0. The fourth-order valence-electron chi connectivity index (χ4n) is 5.06. The molecule has 198 valence electrons. The summed E-state index contributed by atoms with van der Waals surface area (Å²) in [7, 11) is 0. The molecule has 0 radical (unpaired) electrons. The number of nitrogens with zero attached hydrogens (tertiary/aromatic N) is 3. The fraction of sp³-hybridized carbons (Fsp3) is 0.333. The van der Waals surface area contributed by atoms with Crippen molar-refractivity contribution in [3.8, 4) is 17.2 Å². The third-order valence-corrected chi connectivity index (χ3v) is 7.25. The Bertz CT molecular complexity index is 1290. The van der Waals surface area contributed by atoms with Crippen LogP contribution >= 0.6 is 11.6 Å². The first-order valence-corrected chi connectivity index (χ1v) is 13.3. The fourth-order valence-corrected chi connectivity index (χ4v) is 5.24. The van der Waals surface area contributed by atoms with Gasteiger partial charge in [-0.2, -0.15) is 5.26 Å². The van der Waals surface area contributed by atoms with Crippen LogP contribution in [-0.4, -0.2) is 54.6 Å². The molecule has 1 aliphatic rings. The smallest absolute Gasteiger partial charge is 0.319 e. The van der Waals surface area contributed by atoms with E-state index in [9.17, 15) is 14.4 Å². The van der Waals surface area contributed by atoms with Crippen molar-refractivity contribution >= 4 is 23.3 Å². The summed E-state index contributed by atoms with van der Waals surface area (Å²) in [5.74, 6) is -0.531. The molecular formula is C30H33ClFN5O. The maximum atomic E-state index is 13.5. The molecule has 2 N–H and O–H groups in total. The molecule has 1 saturated heterocycles. The summed E-state index contributed by atoms with van der Waals surface area (Å²) in [4.78, 5) is 17.7. The summed E-state index contributed by atoms with van der Waals surface area (Å²) in [5.41, 5.74) is 4.18. The van der Waals surface area contributed by atoms with Gasteiger partial charge < -0.3 is 15.5 Å². The van der Waals surface area contributed by atoms with Gasteiger partial charge in [-0.25, -0.2) is 9.18 Å². The van der Waals surface area contributed by atoms with Crippen molar-refractivity contribution in [1.82, 2.24) is 15.1 Å². The maximum absolute atomic E-state index is 13.5. The van der Waals surface area contributed by atoms with Crippen LogP contribution in [0.1, 0.15) is 37.4 Å². The number of nitrogens with one attached hydrogen (secondary N) is 2. The molecule has 0 spiro atoms. The van der Waals surface area contributed by atoms with E-state index in [1.165, 1.54) is 18.2 Å². The van der Waals surface area contributed by atoms with Crippen LogP contribution in [0.15, 0.2) is 66.7 Å². The van der Waals surface area contributed by atoms with E-state index >= 15 is 0 Å². The van der Waals surface area contributed by atoms with Crippen LogP contribution in [0, 0.1) is 17.1 Å². The molecule has 1 aliphatic heterocycles. The zero-order valence-corrected chi connectivity index (χ0v) is 22.5. The summed E-state index contributed by atoms with van der Waals surface area (Å²) < 4.78 is 13.5. The van der Waals surface area contributed by atoms with Crippen molar-refractivity contribution in [2.45, 2.75) is 32.4 Å². The topological polar surface area (TPSA) is 71.4 Å². The number of hydrogen-bond acceptors (Lipinski definition) is 4. The number of amides is 2. The molecule has 0 aliphatic carbocycles. The lowest BCUT2D eigenvalue weighted by atomic mass is 9.97. The number of hydrogen-bond donors (Lipinski definition) is 2. The Kier molecular flexibility index (Phi) is 9.35. The van der Waals surface area contributed by atoms with Gasteiger partial charge in [-0.1, -0.05) is 54.9 Å². The predicted molar refractivity (Wildman–Crippen MR) is 151 cm³/mol. The molecule has 2 atom stereocenters. The van der Waals surface area contributed by atoms with Crippen LogP contribution in [-0.2, 0) is 0 Å². The second-order valence-corrected chi connectivity index (χ2v) is 10.1. The van der Waals surface area contributed by atoms with Crippen LogP contribution in [0.5, 0.6) is 0 Å². The first-order valence-electron chi connectivity index (χ1n) is 13.0. The lowest BCUT2D eigenvalue weighted by Gasteiger charge is -2.44. The molecule has 0 bridgehead atoms. The first kappa shape index (κ1) is 27.6. The highest BCUT2D eigenvalue weighted by Gasteiger charge is 2.30. The Morgan fingerprint density at radius 1 is 1.13 bits per heavy atom. The van der Waals surface area contributed by atoms with Crippen molar-refractivity contribution in [3.05, 3.63) is 88.7 Å². The van der Waals surface area contributed by atoms with Gasteiger partial charge in [-0.15, -0.1) is 0 Å². The zero-order valence-electron chi connectivity index (χ0n) is 21.8. The van der Waals surface area contributed by atoms with Gasteiger partial charge in [0.25, 0.3) is 0 Å². The summed E-state index contributed by atoms with van der Waals surface area (Å²) in [5, 5.41) is 14.9. The van der Waals surface area contributed by atoms with Gasteiger partial charge in [0.15, 0.2) is 0 Å². The Balaban J connectivity index is 1.52. The van der Waals surface area contributed by atoms with Gasteiger partial charge >= 0.3 is 6.03 Å². The molecule has 6 nitrogen and oxygen atoms in total. The summed E-state index contributed by atoms with van der Waals surface area (Å²) in [6, 6.07) is 22.1. The number of rotatable bonds is 8. The van der Waals surface area contributed by atoms with Crippen LogP contribution in [0.2, 0.25) is 5.02 Å².